The Hall–Kier alpha value is -1.55. The van der Waals surface area contributed by atoms with Crippen molar-refractivity contribution in [1.29, 1.82) is 0 Å². The van der Waals surface area contributed by atoms with Crippen molar-refractivity contribution < 1.29 is 14.3 Å². The van der Waals surface area contributed by atoms with Gasteiger partial charge in [-0.25, -0.2) is 0 Å². The van der Waals surface area contributed by atoms with Crippen LogP contribution in [0.2, 0.25) is 0 Å². The summed E-state index contributed by atoms with van der Waals surface area (Å²) < 4.78 is 11.8. The third-order valence-corrected chi connectivity index (χ3v) is 7.95. The van der Waals surface area contributed by atoms with Crippen molar-refractivity contribution in [3.05, 3.63) is 29.8 Å². The Kier molecular flexibility index (Phi) is 15.2. The number of esters is 1. The number of hydrogen-bond donors (Lipinski definition) is 0. The molecule has 1 aliphatic rings. The van der Waals surface area contributed by atoms with Gasteiger partial charge < -0.3 is 14.4 Å². The van der Waals surface area contributed by atoms with Crippen LogP contribution in [-0.4, -0.2) is 44.2 Å². The van der Waals surface area contributed by atoms with E-state index in [0.717, 1.165) is 50.8 Å². The molecule has 1 atom stereocenters. The van der Waals surface area contributed by atoms with Crippen LogP contribution >= 0.6 is 0 Å². The van der Waals surface area contributed by atoms with Crippen LogP contribution in [0.15, 0.2) is 24.3 Å². The van der Waals surface area contributed by atoms with Crippen molar-refractivity contribution in [3.8, 4) is 5.75 Å². The van der Waals surface area contributed by atoms with Crippen LogP contribution in [0.4, 0.5) is 0 Å². The Labute approximate surface area is 222 Å². The lowest BCUT2D eigenvalue weighted by Gasteiger charge is -2.44. The van der Waals surface area contributed by atoms with Crippen LogP contribution in [0, 0.1) is 0 Å². The summed E-state index contributed by atoms with van der Waals surface area (Å²) in [6, 6.07) is 8.37. The van der Waals surface area contributed by atoms with Crippen molar-refractivity contribution in [2.75, 3.05) is 27.7 Å². The number of methoxy groups -OCH3 is 1. The first-order valence-corrected chi connectivity index (χ1v) is 15.0. The van der Waals surface area contributed by atoms with Crippen LogP contribution in [0.25, 0.3) is 0 Å². The van der Waals surface area contributed by atoms with E-state index in [1.54, 1.807) is 7.11 Å². The van der Waals surface area contributed by atoms with E-state index in [2.05, 4.69) is 38.1 Å². The molecule has 4 nitrogen and oxygen atoms in total. The molecule has 0 aromatic heterocycles. The van der Waals surface area contributed by atoms with Crippen molar-refractivity contribution in [2.45, 2.75) is 134 Å². The van der Waals surface area contributed by atoms with Crippen molar-refractivity contribution in [3.63, 3.8) is 0 Å². The maximum absolute atomic E-state index is 13.1. The van der Waals surface area contributed by atoms with Crippen LogP contribution in [-0.2, 0) is 9.53 Å². The second kappa shape index (κ2) is 17.8. The Morgan fingerprint density at radius 2 is 1.36 bits per heavy atom. The fourth-order valence-corrected chi connectivity index (χ4v) is 5.84. The fourth-order valence-electron chi connectivity index (χ4n) is 5.84. The first-order valence-electron chi connectivity index (χ1n) is 15.0. The van der Waals surface area contributed by atoms with E-state index in [4.69, 9.17) is 9.47 Å². The molecule has 1 saturated carbocycles. The number of nitrogens with zero attached hydrogens (tertiary/aromatic N) is 1. The van der Waals surface area contributed by atoms with Gasteiger partial charge in [-0.05, 0) is 63.9 Å². The molecule has 0 unspecified atom stereocenters. The molecule has 0 bridgehead atoms. The summed E-state index contributed by atoms with van der Waals surface area (Å²) >= 11 is 0. The zero-order valence-electron chi connectivity index (χ0n) is 24.0. The molecule has 206 valence electrons. The minimum absolute atomic E-state index is 0.00115. The van der Waals surface area contributed by atoms with Gasteiger partial charge in [0.25, 0.3) is 0 Å². The van der Waals surface area contributed by atoms with Gasteiger partial charge in [0.2, 0.25) is 0 Å². The van der Waals surface area contributed by atoms with Crippen molar-refractivity contribution >= 4 is 5.97 Å². The maximum atomic E-state index is 13.1. The molecule has 0 radical (unpaired) electrons. The predicted octanol–water partition coefficient (Wildman–Crippen LogP) is 8.68. The number of carbonyl (C=O) groups is 1. The highest BCUT2D eigenvalue weighted by Gasteiger charge is 2.44. The Balaban J connectivity index is 1.81. The van der Waals surface area contributed by atoms with Crippen LogP contribution in [0.3, 0.4) is 0 Å². The molecule has 0 heterocycles. The third-order valence-electron chi connectivity index (χ3n) is 7.95. The van der Waals surface area contributed by atoms with Gasteiger partial charge in [-0.15, -0.1) is 0 Å². The molecule has 2 rings (SSSR count). The summed E-state index contributed by atoms with van der Waals surface area (Å²) in [4.78, 5) is 15.3. The Morgan fingerprint density at radius 1 is 0.833 bits per heavy atom. The zero-order valence-corrected chi connectivity index (χ0v) is 24.0. The van der Waals surface area contributed by atoms with E-state index < -0.39 is 5.60 Å². The quantitative estimate of drug-likeness (QED) is 0.140. The predicted molar refractivity (Wildman–Crippen MR) is 152 cm³/mol. The van der Waals surface area contributed by atoms with Gasteiger partial charge in [-0.1, -0.05) is 96.1 Å². The summed E-state index contributed by atoms with van der Waals surface area (Å²) in [5.41, 5.74) is 0.843. The van der Waals surface area contributed by atoms with Crippen molar-refractivity contribution in [1.82, 2.24) is 4.90 Å². The molecule has 4 heteroatoms. The normalized spacial score (nSPS) is 16.1. The van der Waals surface area contributed by atoms with Gasteiger partial charge in [0.05, 0.1) is 7.11 Å². The highest BCUT2D eigenvalue weighted by atomic mass is 16.6. The minimum Gasteiger partial charge on any atom is -0.497 e. The average molecular weight is 502 g/mol. The standard InChI is InChI=1S/C32H55NO3/c1-5-6-7-8-9-10-11-12-13-14-15-17-20-31(34)36-32(25-18-16-19-26-32)30(27-33(2)3)28-21-23-29(35-4)24-22-28/h21-24,30H,5-20,25-27H2,1-4H3/t30-/m0/s1. The molecule has 36 heavy (non-hydrogen) atoms. The number of rotatable bonds is 19. The average Bonchev–Trinajstić information content (AvgIpc) is 2.88. The second-order valence-corrected chi connectivity index (χ2v) is 11.3. The smallest absolute Gasteiger partial charge is 0.306 e. The van der Waals surface area contributed by atoms with Crippen LogP contribution in [0.1, 0.15) is 134 Å². The van der Waals surface area contributed by atoms with E-state index in [0.29, 0.717) is 6.42 Å². The molecule has 0 spiro atoms. The van der Waals surface area contributed by atoms with Gasteiger partial charge in [0.15, 0.2) is 0 Å². The van der Waals surface area contributed by atoms with E-state index >= 15 is 0 Å². The van der Waals surface area contributed by atoms with E-state index in [1.807, 2.05) is 12.1 Å². The molecule has 0 aliphatic heterocycles. The summed E-state index contributed by atoms with van der Waals surface area (Å²) in [5, 5.41) is 0. The van der Waals surface area contributed by atoms with Gasteiger partial charge in [-0.3, -0.25) is 4.79 Å². The van der Waals surface area contributed by atoms with Crippen molar-refractivity contribution in [2.24, 2.45) is 0 Å². The number of likely N-dealkylation sites (N-methyl/N-ethyl adjacent to an activating group) is 1. The minimum atomic E-state index is -0.397. The summed E-state index contributed by atoms with van der Waals surface area (Å²) in [5.74, 6) is 1.04. The second-order valence-electron chi connectivity index (χ2n) is 11.3. The lowest BCUT2D eigenvalue weighted by atomic mass is 9.72. The third kappa shape index (κ3) is 11.2. The number of hydrogen-bond acceptors (Lipinski definition) is 4. The van der Waals surface area contributed by atoms with Gasteiger partial charge in [-0.2, -0.15) is 0 Å². The van der Waals surface area contributed by atoms with E-state index in [9.17, 15) is 4.79 Å². The van der Waals surface area contributed by atoms with E-state index in [-0.39, 0.29) is 11.9 Å². The molecular weight excluding hydrogens is 446 g/mol. The van der Waals surface area contributed by atoms with Crippen LogP contribution in [0.5, 0.6) is 5.75 Å². The number of benzene rings is 1. The molecule has 0 N–H and O–H groups in total. The molecule has 1 fully saturated rings. The highest BCUT2D eigenvalue weighted by molar-refractivity contribution is 5.70. The molecule has 1 aromatic rings. The zero-order chi connectivity index (χ0) is 26.1. The van der Waals surface area contributed by atoms with Gasteiger partial charge >= 0.3 is 5.97 Å². The van der Waals surface area contributed by atoms with Crippen LogP contribution < -0.4 is 4.74 Å². The number of ether oxygens (including phenoxy) is 2. The molecular formula is C32H55NO3. The molecule has 1 aromatic carbocycles. The largest absolute Gasteiger partial charge is 0.497 e. The fraction of sp³-hybridized carbons (Fsp3) is 0.781. The first kappa shape index (κ1) is 30.7. The maximum Gasteiger partial charge on any atom is 0.306 e. The monoisotopic (exact) mass is 501 g/mol. The molecule has 0 amide bonds. The number of unbranched alkanes of at least 4 members (excludes halogenated alkanes) is 11. The van der Waals surface area contributed by atoms with Gasteiger partial charge in [0.1, 0.15) is 11.4 Å². The molecule has 1 aliphatic carbocycles. The first-order chi connectivity index (χ1) is 17.5. The van der Waals surface area contributed by atoms with E-state index in [1.165, 1.54) is 76.2 Å². The summed E-state index contributed by atoms with van der Waals surface area (Å²) in [7, 11) is 5.93. The highest BCUT2D eigenvalue weighted by Crippen LogP contribution is 2.44. The topological polar surface area (TPSA) is 38.8 Å². The van der Waals surface area contributed by atoms with Gasteiger partial charge in [0, 0.05) is 18.9 Å². The summed E-state index contributed by atoms with van der Waals surface area (Å²) in [6.45, 7) is 3.15. The lowest BCUT2D eigenvalue weighted by molar-refractivity contribution is -0.167. The SMILES string of the molecule is CCCCCCCCCCCCCCC(=O)OC1([C@@H](CN(C)C)c2ccc(OC)cc2)CCCCC1. The Bertz CT molecular complexity index is 694. The Morgan fingerprint density at radius 3 is 1.86 bits per heavy atom. The summed E-state index contributed by atoms with van der Waals surface area (Å²) in [6.07, 6.45) is 21.6. The molecule has 0 saturated heterocycles. The lowest BCUT2D eigenvalue weighted by Crippen LogP contribution is -2.46. The number of carbonyl (C=O) groups excluding carboxylic acids is 1.